The van der Waals surface area contributed by atoms with Gasteiger partial charge in [-0.25, -0.2) is 19.2 Å². The number of H-pyrrole nitrogens is 1. The molecule has 2 N–H and O–H groups in total. The minimum Gasteiger partial charge on any atom is -0.488 e. The van der Waals surface area contributed by atoms with Gasteiger partial charge >= 0.3 is 23.4 Å². The van der Waals surface area contributed by atoms with Gasteiger partial charge in [-0.15, -0.1) is 0 Å². The van der Waals surface area contributed by atoms with Crippen LogP contribution >= 0.6 is 34.8 Å². The van der Waals surface area contributed by atoms with Gasteiger partial charge in [-0.1, -0.05) is 35.3 Å². The highest BCUT2D eigenvalue weighted by atomic mass is 35.5. The number of rotatable bonds is 10. The van der Waals surface area contributed by atoms with Crippen molar-refractivity contribution < 1.29 is 47.8 Å². The number of amides is 1. The molecule has 0 radical (unpaired) electrons. The fourth-order valence-electron chi connectivity index (χ4n) is 8.56. The number of esters is 2. The van der Waals surface area contributed by atoms with Crippen LogP contribution in [-0.4, -0.2) is 129 Å². The van der Waals surface area contributed by atoms with Crippen molar-refractivity contribution in [1.82, 2.24) is 30.2 Å². The number of ether oxygens (including phenoxy) is 5. The molecule has 0 aliphatic carbocycles. The zero-order chi connectivity index (χ0) is 55.7. The van der Waals surface area contributed by atoms with Gasteiger partial charge in [0, 0.05) is 88.2 Å². The van der Waals surface area contributed by atoms with Crippen molar-refractivity contribution in [3.63, 3.8) is 0 Å². The molecule has 0 unspecified atom stereocenters. The van der Waals surface area contributed by atoms with Crippen molar-refractivity contribution in [3.05, 3.63) is 117 Å². The summed E-state index contributed by atoms with van der Waals surface area (Å²) in [5.41, 5.74) is 0.439. The van der Waals surface area contributed by atoms with E-state index in [4.69, 9.17) is 53.8 Å². The molecule has 0 saturated carbocycles. The molecule has 0 bridgehead atoms. The van der Waals surface area contributed by atoms with E-state index in [1.165, 1.54) is 60.2 Å². The van der Waals surface area contributed by atoms with Gasteiger partial charge in [-0.2, -0.15) is 14.9 Å². The van der Waals surface area contributed by atoms with Gasteiger partial charge in [-0.05, 0) is 142 Å². The standard InChI is InChI=1S/C24H31ClN4O4.C15H21ClN2O.C8H12N2O2.C7H4ClNO4/c1-24(2,3)33-22(30)19-11-16-29(26-19)23(31)28-14-9-17(10-15-28)32-20-8-6-7-18(25)21(20)27-12-4-5-13-27;16-13-4-3-5-14(15(13)18-10-1-2-11-18)19-12-6-8-17-9-7-12;1-8(2,3)12-7(11)6-4-5-9-10-6;8-7(10)13-6-3-1-5(2-4-6)9(11)12/h6-8,11,16-17H,4-5,9-10,12-15H2,1-3H3;3-5,12,17H,1-2,6-11H2;4-5H,1-3H3,(H,9,10);1-4H. The number of hydrogen-bond donors (Lipinski definition) is 2. The predicted octanol–water partition coefficient (Wildman–Crippen LogP) is 11.4. The number of para-hydroxylation sites is 2. The number of piperidine rings is 2. The summed E-state index contributed by atoms with van der Waals surface area (Å²) in [6, 6.07) is 19.6. The van der Waals surface area contributed by atoms with E-state index in [-0.39, 0.29) is 35.2 Å². The van der Waals surface area contributed by atoms with E-state index in [1.807, 2.05) is 51.1 Å². The van der Waals surface area contributed by atoms with Crippen LogP contribution in [0.3, 0.4) is 0 Å². The van der Waals surface area contributed by atoms with E-state index in [0.29, 0.717) is 42.8 Å². The van der Waals surface area contributed by atoms with Gasteiger partial charge < -0.3 is 43.7 Å². The molecule has 77 heavy (non-hydrogen) atoms. The lowest BCUT2D eigenvalue weighted by Gasteiger charge is -2.33. The van der Waals surface area contributed by atoms with Crippen LogP contribution in [0, 0.1) is 10.1 Å². The number of nitro benzene ring substituents is 1. The number of nitro groups is 1. The van der Waals surface area contributed by atoms with Crippen LogP contribution in [0.2, 0.25) is 10.0 Å². The maximum atomic E-state index is 12.9. The topological polar surface area (TPSA) is 226 Å². The van der Waals surface area contributed by atoms with Crippen molar-refractivity contribution in [2.75, 3.05) is 62.2 Å². The highest BCUT2D eigenvalue weighted by Gasteiger charge is 2.29. The number of non-ortho nitro benzene ring substituents is 1. The first kappa shape index (κ1) is 59.6. The lowest BCUT2D eigenvalue weighted by molar-refractivity contribution is -0.384. The highest BCUT2D eigenvalue weighted by Crippen LogP contribution is 2.40. The third-order valence-electron chi connectivity index (χ3n) is 12.1. The number of carbonyl (C=O) groups excluding carboxylic acids is 4. The Morgan fingerprint density at radius 2 is 1.18 bits per heavy atom. The third kappa shape index (κ3) is 18.8. The second kappa shape index (κ2) is 28.1. The Bertz CT molecular complexity index is 2720. The smallest absolute Gasteiger partial charge is 0.409 e. The van der Waals surface area contributed by atoms with Crippen molar-refractivity contribution in [2.24, 2.45) is 0 Å². The number of hydrogen-bond acceptors (Lipinski definition) is 16. The summed E-state index contributed by atoms with van der Waals surface area (Å²) in [7, 11) is 0. The van der Waals surface area contributed by atoms with Crippen molar-refractivity contribution in [1.29, 1.82) is 0 Å². The van der Waals surface area contributed by atoms with E-state index in [2.05, 4.69) is 41.2 Å². The molecule has 4 aliphatic rings. The first-order valence-corrected chi connectivity index (χ1v) is 26.8. The lowest BCUT2D eigenvalue weighted by atomic mass is 10.1. The summed E-state index contributed by atoms with van der Waals surface area (Å²) >= 11 is 17.8. The average molecular weight is 1130 g/mol. The molecular weight excluding hydrogens is 1060 g/mol. The van der Waals surface area contributed by atoms with Crippen molar-refractivity contribution >= 4 is 75.3 Å². The van der Waals surface area contributed by atoms with Crippen LogP contribution in [-0.2, 0) is 9.47 Å². The summed E-state index contributed by atoms with van der Waals surface area (Å²) in [4.78, 5) is 62.6. The van der Waals surface area contributed by atoms with E-state index in [9.17, 15) is 29.3 Å². The lowest BCUT2D eigenvalue weighted by Crippen LogP contribution is -2.44. The van der Waals surface area contributed by atoms with Crippen molar-refractivity contribution in [3.8, 4) is 17.2 Å². The SMILES string of the molecule is CC(C)(C)OC(=O)c1ccn(C(=O)N2CCC(Oc3cccc(Cl)c3N3CCCC3)CC2)n1.CC(C)(C)OC(=O)c1ccn[nH]1.Clc1cccc(OC2CCNCC2)c1N1CCCC1.O=C(Cl)Oc1ccc([N+](=O)[O-])cc1. The molecule has 4 saturated heterocycles. The van der Waals surface area contributed by atoms with E-state index >= 15 is 0 Å². The van der Waals surface area contributed by atoms with Gasteiger partial charge in [0.2, 0.25) is 0 Å². The largest absolute Gasteiger partial charge is 0.488 e. The number of aromatic nitrogens is 4. The zero-order valence-corrected chi connectivity index (χ0v) is 46.6. The van der Waals surface area contributed by atoms with E-state index in [1.54, 1.807) is 31.7 Å². The van der Waals surface area contributed by atoms with Crippen LogP contribution in [0.15, 0.2) is 85.2 Å². The number of likely N-dealkylation sites (tertiary alicyclic amines) is 1. The Kier molecular flexibility index (Phi) is 21.8. The zero-order valence-electron chi connectivity index (χ0n) is 44.3. The predicted molar refractivity (Wildman–Crippen MR) is 294 cm³/mol. The Morgan fingerprint density at radius 3 is 1.65 bits per heavy atom. The Hall–Kier alpha value is -6.61. The molecular formula is C54H68Cl3N9O11. The quantitative estimate of drug-likeness (QED) is 0.0574. The number of anilines is 2. The Labute approximate surface area is 463 Å². The average Bonchev–Trinajstić information content (AvgIpc) is 4.25. The summed E-state index contributed by atoms with van der Waals surface area (Å²) < 4.78 is 28.6. The fraction of sp³-hybridized carbons (Fsp3) is 0.481. The Balaban J connectivity index is 0.000000184. The molecule has 5 aromatic rings. The summed E-state index contributed by atoms with van der Waals surface area (Å²) in [6.07, 6.45) is 11.7. The van der Waals surface area contributed by atoms with Gasteiger partial charge in [0.25, 0.3) is 5.69 Å². The monoisotopic (exact) mass is 1120 g/mol. The summed E-state index contributed by atoms with van der Waals surface area (Å²) in [5.74, 6) is 1.02. The molecule has 4 fully saturated rings. The maximum Gasteiger partial charge on any atom is 0.409 e. The molecule has 20 nitrogen and oxygen atoms in total. The molecule has 23 heteroatoms. The van der Waals surface area contributed by atoms with Crippen molar-refractivity contribution in [2.45, 2.75) is 116 Å². The number of carbonyl (C=O) groups is 4. The van der Waals surface area contributed by atoms with Crippen LogP contribution < -0.4 is 29.3 Å². The number of nitrogens with zero attached hydrogens (tertiary/aromatic N) is 7. The highest BCUT2D eigenvalue weighted by molar-refractivity contribution is 6.61. The van der Waals surface area contributed by atoms with Gasteiger partial charge in [0.15, 0.2) is 5.69 Å². The molecule has 6 heterocycles. The second-order valence-corrected chi connectivity index (χ2v) is 21.5. The molecule has 9 rings (SSSR count). The number of nitrogens with one attached hydrogen (secondary N) is 2. The van der Waals surface area contributed by atoms with E-state index in [0.717, 1.165) is 92.8 Å². The normalized spacial score (nSPS) is 15.9. The maximum absolute atomic E-state index is 12.9. The minimum atomic E-state index is -0.978. The summed E-state index contributed by atoms with van der Waals surface area (Å²) in [6.45, 7) is 18.2. The molecule has 4 aliphatic heterocycles. The second-order valence-electron chi connectivity index (χ2n) is 20.4. The van der Waals surface area contributed by atoms with E-state index < -0.39 is 27.5 Å². The number of aromatic amines is 1. The third-order valence-corrected chi connectivity index (χ3v) is 12.8. The van der Waals surface area contributed by atoms with Crippen LogP contribution in [0.1, 0.15) is 114 Å². The summed E-state index contributed by atoms with van der Waals surface area (Å²) in [5, 5.41) is 25.4. The molecule has 2 aromatic heterocycles. The molecule has 0 spiro atoms. The van der Waals surface area contributed by atoms with Gasteiger partial charge in [0.05, 0.1) is 26.3 Å². The first-order valence-electron chi connectivity index (χ1n) is 25.7. The number of halogens is 3. The van der Waals surface area contributed by atoms with Crippen LogP contribution in [0.4, 0.5) is 26.7 Å². The molecule has 0 atom stereocenters. The fourth-order valence-corrected chi connectivity index (χ4v) is 9.22. The first-order chi connectivity index (χ1) is 36.6. The van der Waals surface area contributed by atoms with Gasteiger partial charge in [-0.3, -0.25) is 15.2 Å². The van der Waals surface area contributed by atoms with Crippen LogP contribution in [0.25, 0.3) is 0 Å². The Morgan fingerprint density at radius 1 is 0.675 bits per heavy atom. The number of benzene rings is 3. The molecule has 1 amide bonds. The van der Waals surface area contributed by atoms with Gasteiger partial charge in [0.1, 0.15) is 46.4 Å². The molecule has 3 aromatic carbocycles. The molecule has 416 valence electrons. The van der Waals surface area contributed by atoms with Crippen LogP contribution in [0.5, 0.6) is 17.2 Å². The minimum absolute atomic E-state index is 0.00353.